The number of nitrogens with zero attached hydrogens (tertiary/aromatic N) is 1. The Morgan fingerprint density at radius 3 is 2.63 bits per heavy atom. The van der Waals surface area contributed by atoms with Crippen molar-refractivity contribution in [1.29, 1.82) is 0 Å². The van der Waals surface area contributed by atoms with Gasteiger partial charge in [0.2, 0.25) is 11.8 Å². The fourth-order valence-electron chi connectivity index (χ4n) is 2.45. The van der Waals surface area contributed by atoms with Crippen LogP contribution in [0, 0.1) is 5.92 Å². The number of carbonyl (C=O) groups is 2. The molecule has 1 heterocycles. The highest BCUT2D eigenvalue weighted by Gasteiger charge is 2.44. The van der Waals surface area contributed by atoms with Crippen LogP contribution in [0.3, 0.4) is 0 Å². The van der Waals surface area contributed by atoms with Gasteiger partial charge in [-0.1, -0.05) is 6.92 Å². The largest absolute Gasteiger partial charge is 0.379 e. The smallest absolute Gasteiger partial charge is 0.248 e. The van der Waals surface area contributed by atoms with E-state index in [-0.39, 0.29) is 17.9 Å². The minimum atomic E-state index is -0.806. The minimum Gasteiger partial charge on any atom is -0.379 e. The third-order valence-corrected chi connectivity index (χ3v) is 3.82. The number of ether oxygens (including phenoxy) is 1. The summed E-state index contributed by atoms with van der Waals surface area (Å²) in [6, 6.07) is -0.356. The fourth-order valence-corrected chi connectivity index (χ4v) is 2.45. The van der Waals surface area contributed by atoms with Gasteiger partial charge in [-0.25, -0.2) is 0 Å². The number of piperazine rings is 1. The molecule has 0 spiro atoms. The third-order valence-electron chi connectivity index (χ3n) is 3.82. The summed E-state index contributed by atoms with van der Waals surface area (Å²) in [5.74, 6) is 0.641. The van der Waals surface area contributed by atoms with Gasteiger partial charge in [0.1, 0.15) is 11.6 Å². The monoisotopic (exact) mass is 268 g/mol. The molecule has 0 bridgehead atoms. The van der Waals surface area contributed by atoms with Crippen LogP contribution in [0.1, 0.15) is 40.0 Å². The first-order valence-corrected chi connectivity index (χ1v) is 7.16. The summed E-state index contributed by atoms with van der Waals surface area (Å²) >= 11 is 0. The molecule has 1 aliphatic carbocycles. The summed E-state index contributed by atoms with van der Waals surface area (Å²) < 4.78 is 5.58. The van der Waals surface area contributed by atoms with Gasteiger partial charge in [-0.05, 0) is 39.0 Å². The molecule has 0 aromatic carbocycles. The number of hydrogen-bond acceptors (Lipinski definition) is 3. The summed E-state index contributed by atoms with van der Waals surface area (Å²) in [4.78, 5) is 26.0. The van der Waals surface area contributed by atoms with E-state index < -0.39 is 5.54 Å². The van der Waals surface area contributed by atoms with Gasteiger partial charge in [0.05, 0.1) is 6.61 Å². The lowest BCUT2D eigenvalue weighted by molar-refractivity contribution is -0.154. The summed E-state index contributed by atoms with van der Waals surface area (Å²) in [6.07, 6.45) is 3.15. The van der Waals surface area contributed by atoms with Crippen molar-refractivity contribution >= 4 is 11.8 Å². The SMILES string of the molecule is CCC1C(=O)NC(C)(C)C(=O)N1CCOCC1CC1. The molecule has 5 heteroatoms. The van der Waals surface area contributed by atoms with E-state index in [2.05, 4.69) is 5.32 Å². The molecule has 1 N–H and O–H groups in total. The number of carbonyl (C=O) groups excluding carboxylic acids is 2. The molecular weight excluding hydrogens is 244 g/mol. The zero-order chi connectivity index (χ0) is 14.0. The second-order valence-corrected chi connectivity index (χ2v) is 6.06. The third kappa shape index (κ3) is 3.26. The van der Waals surface area contributed by atoms with Gasteiger partial charge in [-0.15, -0.1) is 0 Å². The van der Waals surface area contributed by atoms with Gasteiger partial charge in [-0.3, -0.25) is 9.59 Å². The van der Waals surface area contributed by atoms with Gasteiger partial charge in [0.15, 0.2) is 0 Å². The van der Waals surface area contributed by atoms with E-state index >= 15 is 0 Å². The Hall–Kier alpha value is -1.10. The topological polar surface area (TPSA) is 58.6 Å². The summed E-state index contributed by atoms with van der Waals surface area (Å²) in [5.41, 5.74) is -0.806. The highest BCUT2D eigenvalue weighted by Crippen LogP contribution is 2.28. The lowest BCUT2D eigenvalue weighted by atomic mass is 9.96. The number of rotatable bonds is 6. The minimum absolute atomic E-state index is 0.0195. The number of nitrogens with one attached hydrogen (secondary N) is 1. The van der Waals surface area contributed by atoms with E-state index in [0.717, 1.165) is 12.5 Å². The van der Waals surface area contributed by atoms with Crippen molar-refractivity contribution in [3.8, 4) is 0 Å². The maximum Gasteiger partial charge on any atom is 0.248 e. The molecule has 0 aromatic heterocycles. The number of hydrogen-bond donors (Lipinski definition) is 1. The van der Waals surface area contributed by atoms with Crippen LogP contribution in [0.25, 0.3) is 0 Å². The first kappa shape index (κ1) is 14.3. The van der Waals surface area contributed by atoms with E-state index in [1.54, 1.807) is 18.7 Å². The standard InChI is InChI=1S/C14H24N2O3/c1-4-11-12(17)15-14(2,3)13(18)16(11)7-8-19-9-10-5-6-10/h10-11H,4-9H2,1-3H3,(H,15,17). The van der Waals surface area contributed by atoms with Crippen molar-refractivity contribution in [1.82, 2.24) is 10.2 Å². The molecule has 1 saturated heterocycles. The molecule has 1 atom stereocenters. The van der Waals surface area contributed by atoms with E-state index in [0.29, 0.717) is 19.6 Å². The quantitative estimate of drug-likeness (QED) is 0.729. The molecule has 108 valence electrons. The molecule has 5 nitrogen and oxygen atoms in total. The van der Waals surface area contributed by atoms with E-state index in [1.807, 2.05) is 6.92 Å². The molecule has 1 aliphatic heterocycles. The van der Waals surface area contributed by atoms with Gasteiger partial charge in [0.25, 0.3) is 0 Å². The lowest BCUT2D eigenvalue weighted by Crippen LogP contribution is -2.68. The fraction of sp³-hybridized carbons (Fsp3) is 0.857. The predicted molar refractivity (Wildman–Crippen MR) is 71.6 cm³/mol. The van der Waals surface area contributed by atoms with Crippen LogP contribution in [0.5, 0.6) is 0 Å². The van der Waals surface area contributed by atoms with Crippen molar-refractivity contribution in [2.45, 2.75) is 51.6 Å². The molecule has 2 amide bonds. The highest BCUT2D eigenvalue weighted by atomic mass is 16.5. The maximum atomic E-state index is 12.4. The average molecular weight is 268 g/mol. The Balaban J connectivity index is 1.91. The number of amides is 2. The van der Waals surface area contributed by atoms with E-state index in [1.165, 1.54) is 12.8 Å². The van der Waals surface area contributed by atoms with Crippen LogP contribution in [-0.2, 0) is 14.3 Å². The van der Waals surface area contributed by atoms with Crippen LogP contribution in [0.15, 0.2) is 0 Å². The zero-order valence-corrected chi connectivity index (χ0v) is 12.1. The molecule has 1 unspecified atom stereocenters. The van der Waals surface area contributed by atoms with Gasteiger partial charge in [0, 0.05) is 13.2 Å². The van der Waals surface area contributed by atoms with Crippen molar-refractivity contribution in [3.05, 3.63) is 0 Å². The molecule has 0 radical (unpaired) electrons. The summed E-state index contributed by atoms with van der Waals surface area (Å²) in [6.45, 7) is 7.22. The molecule has 19 heavy (non-hydrogen) atoms. The molecule has 2 aliphatic rings. The second-order valence-electron chi connectivity index (χ2n) is 6.06. The van der Waals surface area contributed by atoms with Crippen LogP contribution in [0.2, 0.25) is 0 Å². The predicted octanol–water partition coefficient (Wildman–Crippen LogP) is 0.929. The maximum absolute atomic E-state index is 12.4. The van der Waals surface area contributed by atoms with Crippen molar-refractivity contribution in [2.24, 2.45) is 5.92 Å². The van der Waals surface area contributed by atoms with Gasteiger partial charge in [-0.2, -0.15) is 0 Å². The lowest BCUT2D eigenvalue weighted by Gasteiger charge is -2.42. The average Bonchev–Trinajstić information content (AvgIpc) is 3.14. The van der Waals surface area contributed by atoms with Crippen molar-refractivity contribution < 1.29 is 14.3 Å². The Bertz CT molecular complexity index is 364. The first-order valence-electron chi connectivity index (χ1n) is 7.16. The zero-order valence-electron chi connectivity index (χ0n) is 12.1. The molecule has 2 fully saturated rings. The van der Waals surface area contributed by atoms with Crippen LogP contribution in [0.4, 0.5) is 0 Å². The first-order chi connectivity index (χ1) is 8.95. The molecule has 1 saturated carbocycles. The second kappa shape index (κ2) is 5.49. The summed E-state index contributed by atoms with van der Waals surface area (Å²) in [5, 5.41) is 2.78. The van der Waals surface area contributed by atoms with Crippen molar-refractivity contribution in [2.75, 3.05) is 19.8 Å². The van der Waals surface area contributed by atoms with Crippen LogP contribution in [-0.4, -0.2) is 48.1 Å². The Morgan fingerprint density at radius 2 is 2.05 bits per heavy atom. The van der Waals surface area contributed by atoms with Crippen LogP contribution >= 0.6 is 0 Å². The highest BCUT2D eigenvalue weighted by molar-refractivity contribution is 5.99. The Morgan fingerprint density at radius 1 is 1.37 bits per heavy atom. The molecular formula is C14H24N2O3. The Kier molecular flexibility index (Phi) is 4.13. The Labute approximate surface area is 114 Å². The van der Waals surface area contributed by atoms with Gasteiger partial charge < -0.3 is 15.0 Å². The van der Waals surface area contributed by atoms with Gasteiger partial charge >= 0.3 is 0 Å². The molecule has 2 rings (SSSR count). The van der Waals surface area contributed by atoms with E-state index in [9.17, 15) is 9.59 Å². The summed E-state index contributed by atoms with van der Waals surface area (Å²) in [7, 11) is 0. The normalized spacial score (nSPS) is 26.5. The van der Waals surface area contributed by atoms with Crippen LogP contribution < -0.4 is 5.32 Å². The molecule has 0 aromatic rings. The van der Waals surface area contributed by atoms with Crippen molar-refractivity contribution in [3.63, 3.8) is 0 Å². The van der Waals surface area contributed by atoms with E-state index in [4.69, 9.17) is 4.74 Å².